The van der Waals surface area contributed by atoms with Crippen molar-refractivity contribution in [2.24, 2.45) is 7.05 Å². The molecule has 26 heavy (non-hydrogen) atoms. The Labute approximate surface area is 159 Å². The number of nitrogens with one attached hydrogen (secondary N) is 2. The van der Waals surface area contributed by atoms with Crippen LogP contribution in [0.1, 0.15) is 34.8 Å². The summed E-state index contributed by atoms with van der Waals surface area (Å²) in [7, 11) is 1.91. The van der Waals surface area contributed by atoms with E-state index in [-0.39, 0.29) is 11.9 Å². The van der Waals surface area contributed by atoms with Gasteiger partial charge < -0.3 is 10.6 Å². The van der Waals surface area contributed by atoms with Crippen molar-refractivity contribution in [3.05, 3.63) is 34.4 Å². The number of nitrogens with zero attached hydrogens (tertiary/aromatic N) is 4. The third kappa shape index (κ3) is 5.20. The molecule has 0 saturated heterocycles. The third-order valence-electron chi connectivity index (χ3n) is 4.31. The predicted octanol–water partition coefficient (Wildman–Crippen LogP) is 2.29. The Balaban J connectivity index is 2.08. The normalized spacial score (nSPS) is 12.1. The quantitative estimate of drug-likeness (QED) is 0.735. The van der Waals surface area contributed by atoms with Crippen molar-refractivity contribution < 1.29 is 4.79 Å². The topological polar surface area (TPSA) is 84.7 Å². The van der Waals surface area contributed by atoms with Gasteiger partial charge in [-0.15, -0.1) is 0 Å². The minimum atomic E-state index is -0.374. The number of hydrogen-bond acceptors (Lipinski definition) is 6. The van der Waals surface area contributed by atoms with Crippen molar-refractivity contribution in [2.45, 2.75) is 46.7 Å². The zero-order valence-corrected chi connectivity index (χ0v) is 17.2. The lowest BCUT2D eigenvalue weighted by Gasteiger charge is -2.18. The summed E-state index contributed by atoms with van der Waals surface area (Å²) < 4.78 is 1.84. The molecule has 2 rings (SSSR count). The highest BCUT2D eigenvalue weighted by atomic mass is 32.2. The van der Waals surface area contributed by atoms with Gasteiger partial charge in [0.25, 0.3) is 0 Å². The molecule has 0 bridgehead atoms. The van der Waals surface area contributed by atoms with Crippen molar-refractivity contribution in [3.63, 3.8) is 0 Å². The summed E-state index contributed by atoms with van der Waals surface area (Å²) in [6, 6.07) is 1.54. The van der Waals surface area contributed by atoms with Crippen LogP contribution in [0.3, 0.4) is 0 Å². The molecule has 8 heteroatoms. The molecule has 0 spiro atoms. The fourth-order valence-corrected chi connectivity index (χ4v) is 3.29. The molecule has 0 fully saturated rings. The minimum absolute atomic E-state index is 0.0514. The van der Waals surface area contributed by atoms with E-state index in [9.17, 15) is 4.79 Å². The second kappa shape index (κ2) is 9.02. The molecule has 142 valence electrons. The number of amides is 1. The Morgan fingerprint density at radius 1 is 1.23 bits per heavy atom. The first kappa shape index (κ1) is 20.2. The molecule has 7 nitrogen and oxygen atoms in total. The van der Waals surface area contributed by atoms with Crippen LogP contribution in [0.25, 0.3) is 0 Å². The molecule has 0 aliphatic carbocycles. The number of hydrogen-bond donors (Lipinski definition) is 2. The van der Waals surface area contributed by atoms with Crippen molar-refractivity contribution in [2.75, 3.05) is 17.3 Å². The van der Waals surface area contributed by atoms with E-state index in [2.05, 4.69) is 25.7 Å². The molecule has 2 heterocycles. The SMILES string of the molecule is CSCCC(Nc1nc(C)cc(C)n1)C(=O)NCc1c(C)nn(C)c1C. The van der Waals surface area contributed by atoms with Gasteiger partial charge in [-0.2, -0.15) is 16.9 Å². The number of anilines is 1. The molecular weight excluding hydrogens is 348 g/mol. The molecule has 2 aromatic heterocycles. The highest BCUT2D eigenvalue weighted by Gasteiger charge is 2.20. The Bertz CT molecular complexity index is 753. The van der Waals surface area contributed by atoms with Gasteiger partial charge in [0, 0.05) is 36.2 Å². The van der Waals surface area contributed by atoms with Crippen molar-refractivity contribution >= 4 is 23.6 Å². The maximum atomic E-state index is 12.8. The van der Waals surface area contributed by atoms with Gasteiger partial charge in [-0.05, 0) is 52.2 Å². The first-order chi connectivity index (χ1) is 12.3. The fraction of sp³-hybridized carbons (Fsp3) is 0.556. The van der Waals surface area contributed by atoms with Gasteiger partial charge in [-0.1, -0.05) is 0 Å². The van der Waals surface area contributed by atoms with E-state index in [4.69, 9.17) is 0 Å². The van der Waals surface area contributed by atoms with Crippen LogP contribution in [0, 0.1) is 27.7 Å². The molecule has 0 aliphatic heterocycles. The summed E-state index contributed by atoms with van der Waals surface area (Å²) in [5.41, 5.74) is 4.83. The van der Waals surface area contributed by atoms with Gasteiger partial charge in [0.05, 0.1) is 5.69 Å². The lowest BCUT2D eigenvalue weighted by atomic mass is 10.1. The van der Waals surface area contributed by atoms with Crippen LogP contribution in [-0.4, -0.2) is 43.7 Å². The van der Waals surface area contributed by atoms with E-state index >= 15 is 0 Å². The molecule has 0 aliphatic rings. The number of thioether (sulfide) groups is 1. The fourth-order valence-electron chi connectivity index (χ4n) is 2.82. The highest BCUT2D eigenvalue weighted by Crippen LogP contribution is 2.13. The zero-order valence-electron chi connectivity index (χ0n) is 16.4. The molecule has 1 amide bonds. The average molecular weight is 377 g/mol. The van der Waals surface area contributed by atoms with Gasteiger partial charge in [0.15, 0.2) is 0 Å². The summed E-state index contributed by atoms with van der Waals surface area (Å²) in [5, 5.41) is 10.6. The van der Waals surface area contributed by atoms with E-state index in [0.717, 1.165) is 34.1 Å². The Morgan fingerprint density at radius 3 is 2.42 bits per heavy atom. The number of carbonyl (C=O) groups is 1. The van der Waals surface area contributed by atoms with Crippen LogP contribution in [0.5, 0.6) is 0 Å². The van der Waals surface area contributed by atoms with Crippen molar-refractivity contribution in [1.29, 1.82) is 0 Å². The summed E-state index contributed by atoms with van der Waals surface area (Å²) in [6.07, 6.45) is 2.74. The van der Waals surface area contributed by atoms with Crippen molar-refractivity contribution in [1.82, 2.24) is 25.1 Å². The van der Waals surface area contributed by atoms with E-state index in [1.54, 1.807) is 11.8 Å². The maximum absolute atomic E-state index is 12.8. The van der Waals surface area contributed by atoms with Crippen LogP contribution in [-0.2, 0) is 18.4 Å². The smallest absolute Gasteiger partial charge is 0.242 e. The van der Waals surface area contributed by atoms with Gasteiger partial charge >= 0.3 is 0 Å². The van der Waals surface area contributed by atoms with E-state index < -0.39 is 0 Å². The summed E-state index contributed by atoms with van der Waals surface area (Å²) >= 11 is 1.71. The lowest BCUT2D eigenvalue weighted by molar-refractivity contribution is -0.122. The minimum Gasteiger partial charge on any atom is -0.350 e. The zero-order chi connectivity index (χ0) is 19.3. The lowest BCUT2D eigenvalue weighted by Crippen LogP contribution is -2.40. The first-order valence-electron chi connectivity index (χ1n) is 8.66. The van der Waals surface area contributed by atoms with Crippen LogP contribution in [0.15, 0.2) is 6.07 Å². The number of rotatable bonds is 8. The van der Waals surface area contributed by atoms with E-state index in [0.29, 0.717) is 18.9 Å². The Morgan fingerprint density at radius 2 is 1.88 bits per heavy atom. The molecule has 2 N–H and O–H groups in total. The molecule has 0 aromatic carbocycles. The standard InChI is InChI=1S/C18H28N6OS/c1-11-9-12(2)21-18(20-11)22-16(7-8-26-6)17(25)19-10-15-13(3)23-24(5)14(15)4/h9,16H,7-8,10H2,1-6H3,(H,19,25)(H,20,21,22). The van der Waals surface area contributed by atoms with Crippen LogP contribution in [0.2, 0.25) is 0 Å². The van der Waals surface area contributed by atoms with Gasteiger partial charge in [-0.3, -0.25) is 9.48 Å². The summed E-state index contributed by atoms with van der Waals surface area (Å²) in [5.74, 6) is 1.32. The maximum Gasteiger partial charge on any atom is 0.242 e. The predicted molar refractivity (Wildman–Crippen MR) is 106 cm³/mol. The highest BCUT2D eigenvalue weighted by molar-refractivity contribution is 7.98. The average Bonchev–Trinajstić information content (AvgIpc) is 2.80. The second-order valence-electron chi connectivity index (χ2n) is 6.44. The monoisotopic (exact) mass is 376 g/mol. The van der Waals surface area contributed by atoms with Gasteiger partial charge in [0.1, 0.15) is 6.04 Å². The van der Waals surface area contributed by atoms with Crippen LogP contribution >= 0.6 is 11.8 Å². The van der Waals surface area contributed by atoms with Gasteiger partial charge in [-0.25, -0.2) is 9.97 Å². The number of aromatic nitrogens is 4. The van der Waals surface area contributed by atoms with Crippen molar-refractivity contribution in [3.8, 4) is 0 Å². The number of carbonyl (C=O) groups excluding carboxylic acids is 1. The van der Waals surface area contributed by atoms with Crippen LogP contribution < -0.4 is 10.6 Å². The van der Waals surface area contributed by atoms with Crippen LogP contribution in [0.4, 0.5) is 5.95 Å². The molecule has 2 aromatic rings. The first-order valence-corrected chi connectivity index (χ1v) is 10.1. The molecule has 0 saturated carbocycles. The second-order valence-corrected chi connectivity index (χ2v) is 7.43. The largest absolute Gasteiger partial charge is 0.350 e. The molecular formula is C18H28N6OS. The third-order valence-corrected chi connectivity index (χ3v) is 4.95. The molecule has 1 atom stereocenters. The summed E-state index contributed by atoms with van der Waals surface area (Å²) in [6.45, 7) is 8.28. The molecule has 0 radical (unpaired) electrons. The van der Waals surface area contributed by atoms with E-state index in [1.807, 2.05) is 51.7 Å². The molecule has 1 unspecified atom stereocenters. The summed E-state index contributed by atoms with van der Waals surface area (Å²) in [4.78, 5) is 21.5. The Hall–Kier alpha value is -2.09. The number of aryl methyl sites for hydroxylation is 4. The van der Waals surface area contributed by atoms with Gasteiger partial charge in [0.2, 0.25) is 11.9 Å². The Kier molecular flexibility index (Phi) is 7.02. The van der Waals surface area contributed by atoms with E-state index in [1.165, 1.54) is 0 Å².